The van der Waals surface area contributed by atoms with E-state index in [0.29, 0.717) is 24.5 Å². The highest BCUT2D eigenvalue weighted by Gasteiger charge is 2.21. The van der Waals surface area contributed by atoms with Crippen LogP contribution in [0.3, 0.4) is 0 Å². The van der Waals surface area contributed by atoms with Crippen LogP contribution in [0.5, 0.6) is 0 Å². The zero-order valence-electron chi connectivity index (χ0n) is 14.9. The van der Waals surface area contributed by atoms with E-state index in [0.717, 1.165) is 18.5 Å². The third-order valence-electron chi connectivity index (χ3n) is 4.82. The largest absolute Gasteiger partial charge is 0.366 e. The summed E-state index contributed by atoms with van der Waals surface area (Å²) in [5.74, 6) is 0.432. The van der Waals surface area contributed by atoms with Gasteiger partial charge in [-0.25, -0.2) is 9.37 Å². The molecule has 1 amide bonds. The van der Waals surface area contributed by atoms with Crippen molar-refractivity contribution in [2.24, 2.45) is 0 Å². The molecule has 0 aliphatic carbocycles. The summed E-state index contributed by atoms with van der Waals surface area (Å²) in [4.78, 5) is 19.0. The molecule has 1 N–H and O–H groups in total. The quantitative estimate of drug-likeness (QED) is 0.763. The number of carbonyl (C=O) groups is 1. The number of carbonyl (C=O) groups excluding carboxylic acids is 1. The van der Waals surface area contributed by atoms with Crippen molar-refractivity contribution in [1.82, 2.24) is 9.88 Å². The first kappa shape index (κ1) is 17.2. The van der Waals surface area contributed by atoms with Gasteiger partial charge in [-0.2, -0.15) is 0 Å². The lowest BCUT2D eigenvalue weighted by molar-refractivity contribution is 0.0734. The fourth-order valence-electron chi connectivity index (χ4n) is 3.27. The number of halogens is 1. The van der Waals surface area contributed by atoms with E-state index >= 15 is 0 Å². The second-order valence-electron chi connectivity index (χ2n) is 6.66. The van der Waals surface area contributed by atoms with Gasteiger partial charge in [0.2, 0.25) is 0 Å². The molecular weight excluding hydrogens is 341 g/mol. The summed E-state index contributed by atoms with van der Waals surface area (Å²) in [6, 6.07) is 18.2. The summed E-state index contributed by atoms with van der Waals surface area (Å²) < 4.78 is 12.9. The lowest BCUT2D eigenvalue weighted by Crippen LogP contribution is -2.35. The molecule has 0 unspecified atom stereocenters. The molecule has 0 spiro atoms. The van der Waals surface area contributed by atoms with Gasteiger partial charge in [-0.1, -0.05) is 36.4 Å². The van der Waals surface area contributed by atoms with Crippen LogP contribution in [-0.2, 0) is 19.5 Å². The van der Waals surface area contributed by atoms with Crippen molar-refractivity contribution in [3.05, 3.63) is 94.9 Å². The fourth-order valence-corrected chi connectivity index (χ4v) is 3.27. The summed E-state index contributed by atoms with van der Waals surface area (Å²) in [6.45, 7) is 1.91. The summed E-state index contributed by atoms with van der Waals surface area (Å²) >= 11 is 0. The minimum absolute atomic E-state index is 0.00193. The van der Waals surface area contributed by atoms with E-state index in [2.05, 4.69) is 22.4 Å². The fraction of sp³-hybridized carbons (Fsp3) is 0.182. The molecular formula is C22H20FN3O. The Bertz CT molecular complexity index is 939. The molecule has 0 saturated carbocycles. The average Bonchev–Trinajstić information content (AvgIpc) is 2.73. The van der Waals surface area contributed by atoms with E-state index in [9.17, 15) is 9.18 Å². The van der Waals surface area contributed by atoms with E-state index in [4.69, 9.17) is 0 Å². The van der Waals surface area contributed by atoms with Gasteiger partial charge in [-0.05, 0) is 47.4 Å². The third kappa shape index (κ3) is 3.97. The Kier molecular flexibility index (Phi) is 4.83. The molecule has 27 heavy (non-hydrogen) atoms. The van der Waals surface area contributed by atoms with E-state index in [-0.39, 0.29) is 11.7 Å². The predicted octanol–water partition coefficient (Wildman–Crippen LogP) is 4.03. The summed E-state index contributed by atoms with van der Waals surface area (Å²) in [7, 11) is 0. The van der Waals surface area contributed by atoms with Gasteiger partial charge in [0.25, 0.3) is 5.91 Å². The Labute approximate surface area is 157 Å². The Morgan fingerprint density at radius 3 is 2.56 bits per heavy atom. The molecule has 0 bridgehead atoms. The molecule has 1 aliphatic heterocycles. The van der Waals surface area contributed by atoms with E-state index < -0.39 is 0 Å². The van der Waals surface area contributed by atoms with Crippen LogP contribution in [0.25, 0.3) is 0 Å². The van der Waals surface area contributed by atoms with Crippen LogP contribution in [-0.4, -0.2) is 22.3 Å². The Hall–Kier alpha value is -3.21. The molecule has 0 radical (unpaired) electrons. The smallest absolute Gasteiger partial charge is 0.255 e. The van der Waals surface area contributed by atoms with Gasteiger partial charge in [-0.15, -0.1) is 0 Å². The highest BCUT2D eigenvalue weighted by Crippen LogP contribution is 2.20. The van der Waals surface area contributed by atoms with Crippen LogP contribution in [0.15, 0.2) is 66.9 Å². The molecule has 2 heterocycles. The number of nitrogens with zero attached hydrogens (tertiary/aromatic N) is 2. The Balaban J connectivity index is 1.38. The van der Waals surface area contributed by atoms with Crippen LogP contribution in [0.2, 0.25) is 0 Å². The van der Waals surface area contributed by atoms with Gasteiger partial charge in [0.05, 0.1) is 5.56 Å². The number of pyridine rings is 1. The molecule has 4 nitrogen and oxygen atoms in total. The number of benzene rings is 2. The maximum atomic E-state index is 12.9. The molecule has 0 saturated heterocycles. The zero-order chi connectivity index (χ0) is 18.6. The van der Waals surface area contributed by atoms with E-state index in [1.165, 1.54) is 23.3 Å². The number of rotatable bonds is 4. The monoisotopic (exact) mass is 361 g/mol. The van der Waals surface area contributed by atoms with Crippen molar-refractivity contribution < 1.29 is 9.18 Å². The highest BCUT2D eigenvalue weighted by atomic mass is 19.1. The summed E-state index contributed by atoms with van der Waals surface area (Å²) in [5.41, 5.74) is 4.08. The summed E-state index contributed by atoms with van der Waals surface area (Å²) in [5, 5.41) is 3.18. The highest BCUT2D eigenvalue weighted by molar-refractivity contribution is 5.94. The summed E-state index contributed by atoms with van der Waals surface area (Å²) in [6.07, 6.45) is 2.49. The Morgan fingerprint density at radius 1 is 1.04 bits per heavy atom. The standard InChI is InChI=1S/C22H20FN3O/c23-20-8-5-16(6-9-20)13-24-21-10-7-18(14-25-21)22(27)26-12-11-17-3-1-2-4-19(17)15-26/h1-10,14H,11-13,15H2,(H,24,25). The number of hydrogen-bond acceptors (Lipinski definition) is 3. The van der Waals surface area contributed by atoms with Crippen molar-refractivity contribution in [3.8, 4) is 0 Å². The molecule has 2 aromatic carbocycles. The molecule has 5 heteroatoms. The minimum atomic E-state index is -0.250. The number of aromatic nitrogens is 1. The number of nitrogens with one attached hydrogen (secondary N) is 1. The lowest BCUT2D eigenvalue weighted by Gasteiger charge is -2.28. The number of hydrogen-bond donors (Lipinski definition) is 1. The van der Waals surface area contributed by atoms with Gasteiger partial charge in [-0.3, -0.25) is 4.79 Å². The topological polar surface area (TPSA) is 45.2 Å². The van der Waals surface area contributed by atoms with Crippen molar-refractivity contribution >= 4 is 11.7 Å². The van der Waals surface area contributed by atoms with Crippen molar-refractivity contribution in [2.75, 3.05) is 11.9 Å². The average molecular weight is 361 g/mol. The number of amides is 1. The maximum Gasteiger partial charge on any atom is 0.255 e. The van der Waals surface area contributed by atoms with Crippen LogP contribution in [0.1, 0.15) is 27.0 Å². The molecule has 0 fully saturated rings. The first-order chi connectivity index (χ1) is 13.2. The van der Waals surface area contributed by atoms with Gasteiger partial charge < -0.3 is 10.2 Å². The third-order valence-corrected chi connectivity index (χ3v) is 4.82. The second kappa shape index (κ2) is 7.58. The zero-order valence-corrected chi connectivity index (χ0v) is 14.9. The molecule has 3 aromatic rings. The lowest BCUT2D eigenvalue weighted by atomic mass is 9.99. The Morgan fingerprint density at radius 2 is 1.81 bits per heavy atom. The van der Waals surface area contributed by atoms with E-state index in [1.54, 1.807) is 30.5 Å². The molecule has 136 valence electrons. The molecule has 4 rings (SSSR count). The molecule has 1 aromatic heterocycles. The number of fused-ring (bicyclic) bond motifs is 1. The van der Waals surface area contributed by atoms with Crippen molar-refractivity contribution in [2.45, 2.75) is 19.5 Å². The van der Waals surface area contributed by atoms with Crippen LogP contribution in [0.4, 0.5) is 10.2 Å². The van der Waals surface area contributed by atoms with Gasteiger partial charge in [0.15, 0.2) is 0 Å². The predicted molar refractivity (Wildman–Crippen MR) is 103 cm³/mol. The van der Waals surface area contributed by atoms with Gasteiger partial charge >= 0.3 is 0 Å². The first-order valence-electron chi connectivity index (χ1n) is 8.99. The van der Waals surface area contributed by atoms with Gasteiger partial charge in [0.1, 0.15) is 11.6 Å². The SMILES string of the molecule is O=C(c1ccc(NCc2ccc(F)cc2)nc1)N1CCc2ccccc2C1. The minimum Gasteiger partial charge on any atom is -0.366 e. The van der Waals surface area contributed by atoms with E-state index in [1.807, 2.05) is 17.0 Å². The van der Waals surface area contributed by atoms with Gasteiger partial charge in [0, 0.05) is 25.8 Å². The molecule has 0 atom stereocenters. The van der Waals surface area contributed by atoms with Crippen LogP contribution >= 0.6 is 0 Å². The second-order valence-corrected chi connectivity index (χ2v) is 6.66. The van der Waals surface area contributed by atoms with Crippen LogP contribution < -0.4 is 5.32 Å². The van der Waals surface area contributed by atoms with Crippen LogP contribution in [0, 0.1) is 5.82 Å². The first-order valence-corrected chi connectivity index (χ1v) is 8.99. The molecule has 1 aliphatic rings. The number of anilines is 1. The van der Waals surface area contributed by atoms with Crippen molar-refractivity contribution in [1.29, 1.82) is 0 Å². The van der Waals surface area contributed by atoms with Crippen molar-refractivity contribution in [3.63, 3.8) is 0 Å². The maximum absolute atomic E-state index is 12.9. The normalized spacial score (nSPS) is 13.1.